The molecule has 15 heavy (non-hydrogen) atoms. The zero-order valence-corrected chi connectivity index (χ0v) is 9.83. The van der Waals surface area contributed by atoms with Gasteiger partial charge in [0, 0.05) is 11.1 Å². The van der Waals surface area contributed by atoms with Crippen LogP contribution < -0.4 is 0 Å². The van der Waals surface area contributed by atoms with Gasteiger partial charge in [-0.3, -0.25) is 0 Å². The van der Waals surface area contributed by atoms with Gasteiger partial charge in [0.05, 0.1) is 15.2 Å². The number of aromatic amines is 1. The smallest absolute Gasteiger partial charge is 0.106 e. The Morgan fingerprint density at radius 1 is 1.20 bits per heavy atom. The number of rotatable bonds is 0. The molecule has 0 saturated carbocycles. The molecule has 2 aromatic heterocycles. The number of aryl methyl sites for hydroxylation is 3. The number of hydrogen-bond acceptors (Lipinski definition) is 2. The molecular weight excluding hydrogens is 204 g/mol. The average molecular weight is 216 g/mol. The van der Waals surface area contributed by atoms with Crippen LogP contribution in [0, 0.1) is 20.8 Å². The second kappa shape index (κ2) is 2.83. The van der Waals surface area contributed by atoms with E-state index in [1.54, 1.807) is 11.3 Å². The molecule has 3 heteroatoms. The summed E-state index contributed by atoms with van der Waals surface area (Å²) in [6, 6.07) is 4.36. The minimum atomic E-state index is 1.12. The molecule has 0 bridgehead atoms. The van der Waals surface area contributed by atoms with Crippen molar-refractivity contribution in [1.82, 2.24) is 9.97 Å². The summed E-state index contributed by atoms with van der Waals surface area (Å²) in [5.41, 5.74) is 4.87. The van der Waals surface area contributed by atoms with Gasteiger partial charge in [-0.1, -0.05) is 6.07 Å². The van der Waals surface area contributed by atoms with E-state index in [4.69, 9.17) is 0 Å². The van der Waals surface area contributed by atoms with Crippen LogP contribution in [-0.4, -0.2) is 9.97 Å². The van der Waals surface area contributed by atoms with Crippen LogP contribution in [0.1, 0.15) is 16.3 Å². The largest absolute Gasteiger partial charge is 0.357 e. The zero-order chi connectivity index (χ0) is 10.6. The Morgan fingerprint density at radius 3 is 2.80 bits per heavy atom. The number of benzene rings is 1. The summed E-state index contributed by atoms with van der Waals surface area (Å²) in [5, 5.41) is 2.42. The normalized spacial score (nSPS) is 11.7. The third-order valence-electron chi connectivity index (χ3n) is 2.95. The molecule has 1 aromatic carbocycles. The monoisotopic (exact) mass is 216 g/mol. The third-order valence-corrected chi connectivity index (χ3v) is 3.88. The van der Waals surface area contributed by atoms with E-state index >= 15 is 0 Å². The van der Waals surface area contributed by atoms with Gasteiger partial charge in [-0.05, 0) is 32.4 Å². The molecule has 0 saturated heterocycles. The van der Waals surface area contributed by atoms with Crippen molar-refractivity contribution in [1.29, 1.82) is 0 Å². The molecule has 0 atom stereocenters. The lowest BCUT2D eigenvalue weighted by atomic mass is 10.1. The predicted octanol–water partition coefficient (Wildman–Crippen LogP) is 3.70. The Kier molecular flexibility index (Phi) is 1.68. The molecule has 76 valence electrons. The lowest BCUT2D eigenvalue weighted by Gasteiger charge is -1.91. The first-order valence-electron chi connectivity index (χ1n) is 5.02. The van der Waals surface area contributed by atoms with Crippen LogP contribution in [0.15, 0.2) is 12.1 Å². The molecule has 2 nitrogen and oxygen atoms in total. The van der Waals surface area contributed by atoms with Crippen LogP contribution >= 0.6 is 11.3 Å². The van der Waals surface area contributed by atoms with E-state index < -0.39 is 0 Å². The number of nitrogens with one attached hydrogen (secondary N) is 1. The van der Waals surface area contributed by atoms with Crippen LogP contribution in [-0.2, 0) is 0 Å². The van der Waals surface area contributed by atoms with Gasteiger partial charge in [0.25, 0.3) is 0 Å². The van der Waals surface area contributed by atoms with Crippen LogP contribution in [0.3, 0.4) is 0 Å². The Morgan fingerprint density at radius 2 is 2.00 bits per heavy atom. The number of fused-ring (bicyclic) bond motifs is 3. The molecule has 1 N–H and O–H groups in total. The molecule has 0 radical (unpaired) electrons. The highest BCUT2D eigenvalue weighted by molar-refractivity contribution is 7.18. The zero-order valence-electron chi connectivity index (χ0n) is 9.01. The van der Waals surface area contributed by atoms with Gasteiger partial charge in [0.15, 0.2) is 0 Å². The molecule has 0 fully saturated rings. The van der Waals surface area contributed by atoms with Crippen molar-refractivity contribution < 1.29 is 0 Å². The third kappa shape index (κ3) is 1.13. The van der Waals surface area contributed by atoms with Crippen LogP contribution in [0.4, 0.5) is 0 Å². The van der Waals surface area contributed by atoms with E-state index in [9.17, 15) is 0 Å². The molecule has 3 aromatic rings. The van der Waals surface area contributed by atoms with Crippen LogP contribution in [0.2, 0.25) is 0 Å². The number of hydrogen-bond donors (Lipinski definition) is 1. The van der Waals surface area contributed by atoms with Crippen LogP contribution in [0.5, 0.6) is 0 Å². The van der Waals surface area contributed by atoms with Crippen molar-refractivity contribution in [3.8, 4) is 0 Å². The maximum Gasteiger partial charge on any atom is 0.106 e. The van der Waals surface area contributed by atoms with Crippen LogP contribution in [0.25, 0.3) is 21.1 Å². The Hall–Kier alpha value is -1.35. The van der Waals surface area contributed by atoms with Crippen molar-refractivity contribution in [2.24, 2.45) is 0 Å². The molecule has 0 spiro atoms. The van der Waals surface area contributed by atoms with Crippen molar-refractivity contribution >= 4 is 32.5 Å². The summed E-state index contributed by atoms with van der Waals surface area (Å²) >= 11 is 1.75. The fourth-order valence-electron chi connectivity index (χ4n) is 2.03. The summed E-state index contributed by atoms with van der Waals surface area (Å²) in [6.07, 6.45) is 0. The van der Waals surface area contributed by atoms with Gasteiger partial charge in [-0.25, -0.2) is 4.98 Å². The maximum absolute atomic E-state index is 4.58. The first-order valence-corrected chi connectivity index (χ1v) is 5.83. The minimum absolute atomic E-state index is 1.12. The maximum atomic E-state index is 4.58. The number of H-pyrrole nitrogens is 1. The standard InChI is InChI=1S/C12H12N2S/c1-6-7(2)13-11-9(6)4-5-10-12(11)14-8(3)15-10/h4-5,13H,1-3H3. The minimum Gasteiger partial charge on any atom is -0.357 e. The highest BCUT2D eigenvalue weighted by Crippen LogP contribution is 2.31. The van der Waals surface area contributed by atoms with Gasteiger partial charge in [-0.15, -0.1) is 11.3 Å². The second-order valence-corrected chi connectivity index (χ2v) is 5.18. The van der Waals surface area contributed by atoms with Gasteiger partial charge in [0.2, 0.25) is 0 Å². The fourth-order valence-corrected chi connectivity index (χ4v) is 2.86. The number of nitrogens with zero attached hydrogens (tertiary/aromatic N) is 1. The SMILES string of the molecule is Cc1nc2c(ccc3c(C)c(C)[nH]c32)s1. The molecule has 0 amide bonds. The van der Waals surface area contributed by atoms with E-state index in [0.717, 1.165) is 10.5 Å². The molecule has 0 unspecified atom stereocenters. The number of thiazole rings is 1. The summed E-state index contributed by atoms with van der Waals surface area (Å²) in [5.74, 6) is 0. The van der Waals surface area contributed by atoms with E-state index in [0.29, 0.717) is 0 Å². The van der Waals surface area contributed by atoms with Gasteiger partial charge >= 0.3 is 0 Å². The summed E-state index contributed by atoms with van der Waals surface area (Å²) < 4.78 is 1.27. The van der Waals surface area contributed by atoms with E-state index in [1.807, 2.05) is 0 Å². The van der Waals surface area contributed by atoms with Crippen molar-refractivity contribution in [3.05, 3.63) is 28.4 Å². The summed E-state index contributed by atoms with van der Waals surface area (Å²) in [6.45, 7) is 6.32. The molecule has 2 heterocycles. The average Bonchev–Trinajstić information content (AvgIpc) is 2.69. The summed E-state index contributed by atoms with van der Waals surface area (Å²) in [4.78, 5) is 8.01. The highest BCUT2D eigenvalue weighted by atomic mass is 32.1. The van der Waals surface area contributed by atoms with Gasteiger partial charge < -0.3 is 4.98 Å². The molecule has 3 rings (SSSR count). The van der Waals surface area contributed by atoms with Crippen molar-refractivity contribution in [3.63, 3.8) is 0 Å². The Bertz CT molecular complexity index is 661. The quantitative estimate of drug-likeness (QED) is 0.610. The molecule has 0 aliphatic rings. The van der Waals surface area contributed by atoms with Gasteiger partial charge in [0.1, 0.15) is 5.52 Å². The first-order chi connectivity index (χ1) is 7.16. The fraction of sp³-hybridized carbons (Fsp3) is 0.250. The Labute approximate surface area is 92.0 Å². The predicted molar refractivity (Wildman–Crippen MR) is 65.7 cm³/mol. The summed E-state index contributed by atoms with van der Waals surface area (Å²) in [7, 11) is 0. The van der Waals surface area contributed by atoms with E-state index in [1.165, 1.54) is 26.9 Å². The number of aromatic nitrogens is 2. The highest BCUT2D eigenvalue weighted by Gasteiger charge is 2.10. The molecule has 0 aliphatic heterocycles. The van der Waals surface area contributed by atoms with Crippen molar-refractivity contribution in [2.75, 3.05) is 0 Å². The van der Waals surface area contributed by atoms with E-state index in [2.05, 4.69) is 42.9 Å². The molecule has 0 aliphatic carbocycles. The second-order valence-electron chi connectivity index (χ2n) is 3.94. The van der Waals surface area contributed by atoms with Gasteiger partial charge in [-0.2, -0.15) is 0 Å². The van der Waals surface area contributed by atoms with Crippen molar-refractivity contribution in [2.45, 2.75) is 20.8 Å². The topological polar surface area (TPSA) is 28.7 Å². The first kappa shape index (κ1) is 8.92. The van der Waals surface area contributed by atoms with E-state index in [-0.39, 0.29) is 0 Å². The molecular formula is C12H12N2S. The lowest BCUT2D eigenvalue weighted by Crippen LogP contribution is -1.73. The Balaban J connectivity index is 2.59. The lowest BCUT2D eigenvalue weighted by molar-refractivity contribution is 1.25.